The number of rotatable bonds is 4. The van der Waals surface area contributed by atoms with Crippen molar-refractivity contribution in [2.75, 3.05) is 18.4 Å². The third-order valence-electron chi connectivity index (χ3n) is 6.01. The topological polar surface area (TPSA) is 147 Å². The molecule has 0 spiro atoms. The fourth-order valence-electron chi connectivity index (χ4n) is 3.99. The third-order valence-corrected chi connectivity index (χ3v) is 7.92. The highest BCUT2D eigenvalue weighted by molar-refractivity contribution is 7.89. The number of sulfonamides is 1. The zero-order valence-electron chi connectivity index (χ0n) is 18.6. The summed E-state index contributed by atoms with van der Waals surface area (Å²) < 4.78 is 29.3. The first kappa shape index (κ1) is 23.3. The lowest BCUT2D eigenvalue weighted by atomic mass is 9.97. The average molecular weight is 483 g/mol. The molecule has 1 N–H and O–H groups in total. The molecule has 0 aliphatic carbocycles. The summed E-state index contributed by atoms with van der Waals surface area (Å²) in [6.07, 6.45) is 2.04. The van der Waals surface area contributed by atoms with E-state index in [1.54, 1.807) is 0 Å². The summed E-state index contributed by atoms with van der Waals surface area (Å²) >= 11 is 0. The number of piperidine rings is 1. The smallest absolute Gasteiger partial charge is 0.324 e. The van der Waals surface area contributed by atoms with Gasteiger partial charge in [-0.2, -0.15) is 9.57 Å². The van der Waals surface area contributed by atoms with Crippen molar-refractivity contribution in [3.8, 4) is 6.07 Å². The Morgan fingerprint density at radius 2 is 1.76 bits per heavy atom. The number of carbonyl (C=O) groups excluding carboxylic acids is 1. The van der Waals surface area contributed by atoms with Crippen LogP contribution in [-0.2, 0) is 28.9 Å². The molecular weight excluding hydrogens is 460 g/mol. The van der Waals surface area contributed by atoms with Crippen LogP contribution >= 0.6 is 0 Å². The Morgan fingerprint density at radius 1 is 1.12 bits per heavy atom. The Balaban J connectivity index is 1.46. The van der Waals surface area contributed by atoms with E-state index in [2.05, 4.69) is 10.3 Å². The summed E-state index contributed by atoms with van der Waals surface area (Å²) in [7, 11) is -0.839. The second-order valence-corrected chi connectivity index (χ2v) is 10.0. The number of amides is 1. The molecule has 11 nitrogen and oxygen atoms in total. The molecule has 176 valence electrons. The monoisotopic (exact) mass is 482 g/mol. The zero-order chi connectivity index (χ0) is 24.6. The number of anilines is 1. The Labute approximate surface area is 194 Å². The van der Waals surface area contributed by atoms with E-state index in [0.717, 1.165) is 4.57 Å². The van der Waals surface area contributed by atoms with Gasteiger partial charge >= 0.3 is 5.69 Å². The lowest BCUT2D eigenvalue weighted by molar-refractivity contribution is -0.120. The van der Waals surface area contributed by atoms with Crippen LogP contribution in [0.25, 0.3) is 11.0 Å². The van der Waals surface area contributed by atoms with Crippen molar-refractivity contribution in [2.24, 2.45) is 20.0 Å². The number of fused-ring (bicyclic) bond motifs is 1. The van der Waals surface area contributed by atoms with E-state index < -0.39 is 27.2 Å². The second kappa shape index (κ2) is 8.85. The number of nitriles is 1. The standard InChI is InChI=1S/C22H22N6O5S/c1-26-19-18(21(30)27(2)22(26)31)11-16(13-24-19)25-20(29)15-7-9-28(10-8-15)34(32,33)17-5-3-14(12-23)4-6-17/h3-6,11,13,15H,7-10H2,1-2H3,(H,25,29). The van der Waals surface area contributed by atoms with E-state index >= 15 is 0 Å². The van der Waals surface area contributed by atoms with Crippen molar-refractivity contribution in [2.45, 2.75) is 17.7 Å². The van der Waals surface area contributed by atoms with Gasteiger partial charge in [0.25, 0.3) is 5.56 Å². The zero-order valence-corrected chi connectivity index (χ0v) is 19.4. The number of pyridine rings is 1. The van der Waals surface area contributed by atoms with E-state index in [1.165, 1.54) is 59.5 Å². The van der Waals surface area contributed by atoms with Crippen LogP contribution in [0.5, 0.6) is 0 Å². The van der Waals surface area contributed by atoms with Gasteiger partial charge in [-0.05, 0) is 43.2 Å². The first-order valence-corrected chi connectivity index (χ1v) is 11.9. The first-order valence-electron chi connectivity index (χ1n) is 10.5. The van der Waals surface area contributed by atoms with Crippen molar-refractivity contribution in [3.63, 3.8) is 0 Å². The second-order valence-electron chi connectivity index (χ2n) is 8.10. The molecule has 34 heavy (non-hydrogen) atoms. The van der Waals surface area contributed by atoms with Crippen molar-refractivity contribution in [1.29, 1.82) is 5.26 Å². The molecule has 1 aliphatic rings. The van der Waals surface area contributed by atoms with Gasteiger partial charge in [0, 0.05) is 33.1 Å². The maximum absolute atomic E-state index is 12.9. The first-order chi connectivity index (χ1) is 16.1. The number of hydrogen-bond acceptors (Lipinski definition) is 7. The lowest BCUT2D eigenvalue weighted by Gasteiger charge is -2.30. The average Bonchev–Trinajstić information content (AvgIpc) is 2.86. The fourth-order valence-corrected chi connectivity index (χ4v) is 5.46. The summed E-state index contributed by atoms with van der Waals surface area (Å²) in [5.74, 6) is -0.704. The van der Waals surface area contributed by atoms with Crippen molar-refractivity contribution in [1.82, 2.24) is 18.4 Å². The van der Waals surface area contributed by atoms with Gasteiger partial charge in [-0.3, -0.25) is 18.7 Å². The van der Waals surface area contributed by atoms with Gasteiger partial charge in [0.15, 0.2) is 0 Å². The highest BCUT2D eigenvalue weighted by Gasteiger charge is 2.32. The number of aryl methyl sites for hydroxylation is 1. The number of hydrogen-bond donors (Lipinski definition) is 1. The van der Waals surface area contributed by atoms with E-state index in [0.29, 0.717) is 24.1 Å². The SMILES string of the molecule is Cn1c(=O)c2cc(NC(=O)C3CCN(S(=O)(=O)c4ccc(C#N)cc4)CC3)cnc2n(C)c1=O. The molecular formula is C22H22N6O5S. The van der Waals surface area contributed by atoms with Crippen LogP contribution in [0.1, 0.15) is 18.4 Å². The molecule has 0 saturated carbocycles. The Kier molecular flexibility index (Phi) is 6.07. The van der Waals surface area contributed by atoms with Gasteiger partial charge in [-0.1, -0.05) is 0 Å². The van der Waals surface area contributed by atoms with Crippen LogP contribution in [0.4, 0.5) is 5.69 Å². The van der Waals surface area contributed by atoms with E-state index in [-0.39, 0.29) is 34.9 Å². The molecule has 0 bridgehead atoms. The normalized spacial score (nSPS) is 15.2. The summed E-state index contributed by atoms with van der Waals surface area (Å²) in [5.41, 5.74) is -0.0987. The largest absolute Gasteiger partial charge is 0.332 e. The molecule has 1 amide bonds. The van der Waals surface area contributed by atoms with Gasteiger partial charge in [0.1, 0.15) is 5.65 Å². The van der Waals surface area contributed by atoms with Crippen molar-refractivity contribution < 1.29 is 13.2 Å². The van der Waals surface area contributed by atoms with E-state index in [1.807, 2.05) is 6.07 Å². The summed E-state index contributed by atoms with van der Waals surface area (Å²) in [5, 5.41) is 11.8. The molecule has 0 unspecified atom stereocenters. The number of aromatic nitrogens is 3. The minimum atomic E-state index is -3.72. The Hall–Kier alpha value is -3.82. The van der Waals surface area contributed by atoms with Gasteiger partial charge in [-0.25, -0.2) is 18.2 Å². The van der Waals surface area contributed by atoms with Crippen LogP contribution in [0.2, 0.25) is 0 Å². The molecule has 1 fully saturated rings. The van der Waals surface area contributed by atoms with E-state index in [9.17, 15) is 22.8 Å². The molecule has 3 heterocycles. The maximum Gasteiger partial charge on any atom is 0.332 e. The van der Waals surface area contributed by atoms with Crippen molar-refractivity contribution >= 4 is 32.7 Å². The number of nitrogens with zero attached hydrogens (tertiary/aromatic N) is 5. The molecule has 2 aromatic heterocycles. The fraction of sp³-hybridized carbons (Fsp3) is 0.318. The predicted octanol–water partition coefficient (Wildman–Crippen LogP) is 0.543. The maximum atomic E-state index is 12.9. The summed E-state index contributed by atoms with van der Waals surface area (Å²) in [6.45, 7) is 0.359. The van der Waals surface area contributed by atoms with Crippen molar-refractivity contribution in [3.05, 3.63) is 62.9 Å². The van der Waals surface area contributed by atoms with Gasteiger partial charge in [0.05, 0.1) is 33.8 Å². The molecule has 1 saturated heterocycles. The summed E-state index contributed by atoms with van der Waals surface area (Å²) in [6, 6.07) is 9.14. The van der Waals surface area contributed by atoms with Gasteiger partial charge in [0.2, 0.25) is 15.9 Å². The molecule has 0 radical (unpaired) electrons. The van der Waals surface area contributed by atoms with E-state index in [4.69, 9.17) is 5.26 Å². The number of carbonyl (C=O) groups is 1. The quantitative estimate of drug-likeness (QED) is 0.571. The minimum Gasteiger partial charge on any atom is -0.324 e. The van der Waals surface area contributed by atoms with Crippen LogP contribution in [0.3, 0.4) is 0 Å². The summed E-state index contributed by atoms with van der Waals surface area (Å²) in [4.78, 5) is 41.5. The minimum absolute atomic E-state index is 0.104. The van der Waals surface area contributed by atoms with Gasteiger partial charge < -0.3 is 5.32 Å². The molecule has 0 atom stereocenters. The molecule has 1 aromatic carbocycles. The number of benzene rings is 1. The third kappa shape index (κ3) is 4.11. The predicted molar refractivity (Wildman–Crippen MR) is 123 cm³/mol. The highest BCUT2D eigenvalue weighted by atomic mass is 32.2. The van der Waals surface area contributed by atoms with Crippen LogP contribution in [0.15, 0.2) is 51.0 Å². The molecule has 12 heteroatoms. The lowest BCUT2D eigenvalue weighted by Crippen LogP contribution is -2.41. The van der Waals surface area contributed by atoms with Crippen LogP contribution in [0, 0.1) is 17.2 Å². The molecule has 1 aliphatic heterocycles. The van der Waals surface area contributed by atoms with Crippen LogP contribution in [-0.4, -0.2) is 45.8 Å². The molecule has 3 aromatic rings. The Bertz CT molecular complexity index is 1540. The highest BCUT2D eigenvalue weighted by Crippen LogP contribution is 2.25. The van der Waals surface area contributed by atoms with Crippen LogP contribution < -0.4 is 16.6 Å². The van der Waals surface area contributed by atoms with Gasteiger partial charge in [-0.15, -0.1) is 0 Å². The number of nitrogens with one attached hydrogen (secondary N) is 1. The Morgan fingerprint density at radius 3 is 2.38 bits per heavy atom. The molecule has 4 rings (SSSR count).